The van der Waals surface area contributed by atoms with E-state index in [9.17, 15) is 9.59 Å². The third-order valence-electron chi connectivity index (χ3n) is 3.53. The summed E-state index contributed by atoms with van der Waals surface area (Å²) in [5.74, 6) is -0.539. The molecule has 132 valence electrons. The molecule has 6 heteroatoms. The second kappa shape index (κ2) is 9.86. The number of carbonyl (C=O) groups is 2. The first kappa shape index (κ1) is 19.0. The molecular weight excluding hydrogens is 338 g/mol. The van der Waals surface area contributed by atoms with Crippen LogP contribution in [0.4, 0.5) is 0 Å². The second-order valence-corrected chi connectivity index (χ2v) is 6.46. The first-order chi connectivity index (χ1) is 12.1. The maximum Gasteiger partial charge on any atom is 0.323 e. The highest BCUT2D eigenvalue weighted by Crippen LogP contribution is 2.22. The predicted octanol–water partition coefficient (Wildman–Crippen LogP) is 3.15. The Morgan fingerprint density at radius 1 is 1.08 bits per heavy atom. The summed E-state index contributed by atoms with van der Waals surface area (Å²) < 4.78 is 4.94. The van der Waals surface area contributed by atoms with Gasteiger partial charge in [-0.2, -0.15) is 0 Å². The molecule has 2 rings (SSSR count). The van der Waals surface area contributed by atoms with Crippen molar-refractivity contribution in [2.75, 3.05) is 26.8 Å². The van der Waals surface area contributed by atoms with E-state index in [1.807, 2.05) is 30.3 Å². The SMILES string of the molecule is COCCN(CC(=O)O)C(=O)c1ccc(CSc2ccccc2)cc1. The van der Waals surface area contributed by atoms with E-state index < -0.39 is 5.97 Å². The maximum atomic E-state index is 12.5. The van der Waals surface area contributed by atoms with E-state index in [0.717, 1.165) is 11.3 Å². The van der Waals surface area contributed by atoms with Gasteiger partial charge in [0.2, 0.25) is 0 Å². The smallest absolute Gasteiger partial charge is 0.323 e. The van der Waals surface area contributed by atoms with E-state index in [1.165, 1.54) is 16.9 Å². The molecule has 0 heterocycles. The Kier molecular flexibility index (Phi) is 7.50. The van der Waals surface area contributed by atoms with Gasteiger partial charge in [0.05, 0.1) is 6.61 Å². The molecule has 25 heavy (non-hydrogen) atoms. The Hall–Kier alpha value is -2.31. The van der Waals surface area contributed by atoms with E-state index in [-0.39, 0.29) is 19.0 Å². The molecule has 0 spiro atoms. The molecule has 0 radical (unpaired) electrons. The summed E-state index contributed by atoms with van der Waals surface area (Å²) >= 11 is 1.72. The number of rotatable bonds is 9. The van der Waals surface area contributed by atoms with E-state index in [1.54, 1.807) is 23.9 Å². The molecule has 0 saturated carbocycles. The van der Waals surface area contributed by atoms with Crippen molar-refractivity contribution in [1.82, 2.24) is 4.90 Å². The minimum absolute atomic E-state index is 0.243. The fourth-order valence-electron chi connectivity index (χ4n) is 2.23. The van der Waals surface area contributed by atoms with Crippen LogP contribution in [0.3, 0.4) is 0 Å². The molecule has 0 aliphatic rings. The van der Waals surface area contributed by atoms with E-state index in [0.29, 0.717) is 12.2 Å². The van der Waals surface area contributed by atoms with Gasteiger partial charge in [0.15, 0.2) is 0 Å². The van der Waals surface area contributed by atoms with Crippen LogP contribution in [-0.4, -0.2) is 48.7 Å². The summed E-state index contributed by atoms with van der Waals surface area (Å²) in [6.07, 6.45) is 0. The van der Waals surface area contributed by atoms with Crippen LogP contribution in [0.1, 0.15) is 15.9 Å². The Bertz CT molecular complexity index is 688. The van der Waals surface area contributed by atoms with Crippen LogP contribution in [0.25, 0.3) is 0 Å². The summed E-state index contributed by atoms with van der Waals surface area (Å²) in [5, 5.41) is 8.96. The zero-order valence-corrected chi connectivity index (χ0v) is 14.9. The maximum absolute atomic E-state index is 12.5. The third kappa shape index (κ3) is 6.25. The van der Waals surface area contributed by atoms with Crippen LogP contribution in [0.2, 0.25) is 0 Å². The number of methoxy groups -OCH3 is 1. The summed E-state index contributed by atoms with van der Waals surface area (Å²) in [6.45, 7) is 0.200. The minimum atomic E-state index is -1.04. The van der Waals surface area contributed by atoms with Gasteiger partial charge in [0.1, 0.15) is 6.54 Å². The molecule has 0 fully saturated rings. The van der Waals surface area contributed by atoms with Crippen molar-refractivity contribution in [3.05, 3.63) is 65.7 Å². The van der Waals surface area contributed by atoms with Crippen molar-refractivity contribution in [2.45, 2.75) is 10.6 Å². The molecule has 2 aromatic carbocycles. The third-order valence-corrected chi connectivity index (χ3v) is 4.61. The number of benzene rings is 2. The lowest BCUT2D eigenvalue weighted by molar-refractivity contribution is -0.137. The van der Waals surface area contributed by atoms with Gasteiger partial charge in [-0.15, -0.1) is 11.8 Å². The molecular formula is C19H21NO4S. The van der Waals surface area contributed by atoms with E-state index >= 15 is 0 Å². The molecule has 0 aliphatic heterocycles. The van der Waals surface area contributed by atoms with Crippen molar-refractivity contribution in [2.24, 2.45) is 0 Å². The van der Waals surface area contributed by atoms with Gasteiger partial charge in [-0.1, -0.05) is 30.3 Å². The molecule has 0 unspecified atom stereocenters. The first-order valence-corrected chi connectivity index (χ1v) is 8.85. The molecule has 0 aliphatic carbocycles. The number of carbonyl (C=O) groups excluding carboxylic acids is 1. The number of carboxylic acid groups (broad SMARTS) is 1. The fraction of sp³-hybridized carbons (Fsp3) is 0.263. The predicted molar refractivity (Wildman–Crippen MR) is 97.9 cm³/mol. The Morgan fingerprint density at radius 2 is 1.76 bits per heavy atom. The highest BCUT2D eigenvalue weighted by Gasteiger charge is 2.18. The first-order valence-electron chi connectivity index (χ1n) is 7.87. The van der Waals surface area contributed by atoms with Crippen molar-refractivity contribution in [1.29, 1.82) is 0 Å². The number of aliphatic carboxylic acids is 1. The molecule has 5 nitrogen and oxygen atoms in total. The normalized spacial score (nSPS) is 10.4. The van der Waals surface area contributed by atoms with Gasteiger partial charge in [-0.3, -0.25) is 9.59 Å². The standard InChI is InChI=1S/C19H21NO4S/c1-24-12-11-20(13-18(21)22)19(23)16-9-7-15(8-10-16)14-25-17-5-3-2-4-6-17/h2-10H,11-14H2,1H3,(H,21,22). The van der Waals surface area contributed by atoms with E-state index in [2.05, 4.69) is 12.1 Å². The van der Waals surface area contributed by atoms with Gasteiger partial charge in [-0.25, -0.2) is 0 Å². The van der Waals surface area contributed by atoms with Crippen LogP contribution in [0.5, 0.6) is 0 Å². The van der Waals surface area contributed by atoms with Crippen LogP contribution in [0, 0.1) is 0 Å². The molecule has 2 aromatic rings. The minimum Gasteiger partial charge on any atom is -0.480 e. The largest absolute Gasteiger partial charge is 0.480 e. The Morgan fingerprint density at radius 3 is 2.36 bits per heavy atom. The highest BCUT2D eigenvalue weighted by molar-refractivity contribution is 7.98. The number of nitrogens with zero attached hydrogens (tertiary/aromatic N) is 1. The van der Waals surface area contributed by atoms with Crippen LogP contribution in [0.15, 0.2) is 59.5 Å². The average molecular weight is 359 g/mol. The Balaban J connectivity index is 1.99. The Labute approximate surface area is 151 Å². The lowest BCUT2D eigenvalue weighted by Gasteiger charge is -2.20. The summed E-state index contributed by atoms with van der Waals surface area (Å²) in [4.78, 5) is 25.9. The summed E-state index contributed by atoms with van der Waals surface area (Å²) in [6, 6.07) is 17.4. The number of hydrogen-bond donors (Lipinski definition) is 1. The van der Waals surface area contributed by atoms with Crippen LogP contribution < -0.4 is 0 Å². The number of thioether (sulfide) groups is 1. The zero-order chi connectivity index (χ0) is 18.1. The topological polar surface area (TPSA) is 66.8 Å². The van der Waals surface area contributed by atoms with Crippen molar-refractivity contribution >= 4 is 23.6 Å². The number of ether oxygens (including phenoxy) is 1. The molecule has 1 N–H and O–H groups in total. The quantitative estimate of drug-likeness (QED) is 0.697. The van der Waals surface area contributed by atoms with Gasteiger partial charge >= 0.3 is 5.97 Å². The van der Waals surface area contributed by atoms with Crippen LogP contribution in [-0.2, 0) is 15.3 Å². The lowest BCUT2D eigenvalue weighted by Crippen LogP contribution is -2.38. The van der Waals surface area contributed by atoms with Crippen LogP contribution >= 0.6 is 11.8 Å². The number of hydrogen-bond acceptors (Lipinski definition) is 4. The highest BCUT2D eigenvalue weighted by atomic mass is 32.2. The monoisotopic (exact) mass is 359 g/mol. The van der Waals surface area contributed by atoms with Gasteiger partial charge in [-0.05, 0) is 29.8 Å². The average Bonchev–Trinajstić information content (AvgIpc) is 2.64. The molecule has 0 aromatic heterocycles. The molecule has 0 saturated heterocycles. The van der Waals surface area contributed by atoms with E-state index in [4.69, 9.17) is 9.84 Å². The molecule has 0 bridgehead atoms. The van der Waals surface area contributed by atoms with Crippen molar-refractivity contribution < 1.29 is 19.4 Å². The van der Waals surface area contributed by atoms with Gasteiger partial charge in [0.25, 0.3) is 5.91 Å². The van der Waals surface area contributed by atoms with Gasteiger partial charge < -0.3 is 14.7 Å². The summed E-state index contributed by atoms with van der Waals surface area (Å²) in [7, 11) is 1.52. The lowest BCUT2D eigenvalue weighted by atomic mass is 10.1. The number of amides is 1. The molecule has 0 atom stereocenters. The fourth-order valence-corrected chi connectivity index (χ4v) is 3.10. The second-order valence-electron chi connectivity index (χ2n) is 5.41. The molecule has 1 amide bonds. The summed E-state index contributed by atoms with van der Waals surface area (Å²) in [5.41, 5.74) is 1.58. The number of carboxylic acids is 1. The van der Waals surface area contributed by atoms with Crippen molar-refractivity contribution in [3.8, 4) is 0 Å². The van der Waals surface area contributed by atoms with Crippen molar-refractivity contribution in [3.63, 3.8) is 0 Å². The van der Waals surface area contributed by atoms with Gasteiger partial charge in [0, 0.05) is 29.9 Å². The zero-order valence-electron chi connectivity index (χ0n) is 14.1.